The van der Waals surface area contributed by atoms with Crippen molar-refractivity contribution < 1.29 is 9.59 Å². The van der Waals surface area contributed by atoms with E-state index in [4.69, 9.17) is 23.2 Å². The molecule has 68 valence electrons. The molecule has 0 aliphatic heterocycles. The van der Waals surface area contributed by atoms with Crippen molar-refractivity contribution in [3.8, 4) is 0 Å². The first-order valence-corrected chi connectivity index (χ1v) is 4.34. The van der Waals surface area contributed by atoms with Crippen molar-refractivity contribution >= 4 is 34.9 Å². The van der Waals surface area contributed by atoms with Gasteiger partial charge < -0.3 is 5.32 Å². The first-order chi connectivity index (χ1) is 5.43. The van der Waals surface area contributed by atoms with E-state index in [-0.39, 0.29) is 24.2 Å². The Balaban J connectivity index is 2.27. The standard InChI is InChI=1S/C7H9Cl2NO2/c1-4(11)3-10-6(12)5-2-7(5,8)9/h5H,2-3H2,1H3,(H,10,12). The largest absolute Gasteiger partial charge is 0.349 e. The van der Waals surface area contributed by atoms with Crippen LogP contribution in [0.25, 0.3) is 0 Å². The lowest BCUT2D eigenvalue weighted by Gasteiger charge is -2.01. The van der Waals surface area contributed by atoms with Gasteiger partial charge in [-0.05, 0) is 13.3 Å². The highest BCUT2D eigenvalue weighted by molar-refractivity contribution is 6.52. The minimum absolute atomic E-state index is 0.0548. The van der Waals surface area contributed by atoms with Crippen LogP contribution in [0.5, 0.6) is 0 Å². The Labute approximate surface area is 80.4 Å². The average molecular weight is 210 g/mol. The molecule has 0 aromatic rings. The number of halogens is 2. The third kappa shape index (κ3) is 2.35. The monoisotopic (exact) mass is 209 g/mol. The lowest BCUT2D eigenvalue weighted by atomic mass is 10.3. The van der Waals surface area contributed by atoms with E-state index in [9.17, 15) is 9.59 Å². The quantitative estimate of drug-likeness (QED) is 0.703. The Morgan fingerprint density at radius 3 is 2.42 bits per heavy atom. The van der Waals surface area contributed by atoms with Gasteiger partial charge >= 0.3 is 0 Å². The van der Waals surface area contributed by atoms with Crippen LogP contribution in [0.4, 0.5) is 0 Å². The molecule has 1 amide bonds. The van der Waals surface area contributed by atoms with Gasteiger partial charge in [-0.1, -0.05) is 0 Å². The number of hydrogen-bond acceptors (Lipinski definition) is 2. The zero-order chi connectivity index (χ0) is 9.35. The second-order valence-electron chi connectivity index (χ2n) is 2.94. The minimum Gasteiger partial charge on any atom is -0.349 e. The SMILES string of the molecule is CC(=O)CNC(=O)C1CC1(Cl)Cl. The third-order valence-corrected chi connectivity index (χ3v) is 2.49. The van der Waals surface area contributed by atoms with Crippen LogP contribution in [0.1, 0.15) is 13.3 Å². The van der Waals surface area contributed by atoms with E-state index < -0.39 is 4.33 Å². The van der Waals surface area contributed by atoms with Gasteiger partial charge in [0.25, 0.3) is 0 Å². The molecule has 0 heterocycles. The van der Waals surface area contributed by atoms with Gasteiger partial charge in [0.2, 0.25) is 5.91 Å². The molecule has 0 spiro atoms. The van der Waals surface area contributed by atoms with Crippen molar-refractivity contribution in [2.45, 2.75) is 17.7 Å². The zero-order valence-electron chi connectivity index (χ0n) is 6.56. The fourth-order valence-corrected chi connectivity index (χ4v) is 1.34. The fourth-order valence-electron chi connectivity index (χ4n) is 0.833. The number of carbonyl (C=O) groups is 2. The third-order valence-electron chi connectivity index (χ3n) is 1.65. The van der Waals surface area contributed by atoms with Crippen molar-refractivity contribution in [1.29, 1.82) is 0 Å². The Morgan fingerprint density at radius 1 is 1.58 bits per heavy atom. The van der Waals surface area contributed by atoms with Crippen LogP contribution in [-0.4, -0.2) is 22.6 Å². The Bertz CT molecular complexity index is 227. The number of ketones is 1. The molecule has 1 unspecified atom stereocenters. The van der Waals surface area contributed by atoms with Crippen molar-refractivity contribution in [2.75, 3.05) is 6.54 Å². The molecule has 0 aromatic carbocycles. The van der Waals surface area contributed by atoms with Crippen LogP contribution in [-0.2, 0) is 9.59 Å². The van der Waals surface area contributed by atoms with Gasteiger partial charge in [-0.25, -0.2) is 0 Å². The molecule has 1 aliphatic rings. The van der Waals surface area contributed by atoms with E-state index in [1.165, 1.54) is 6.92 Å². The summed E-state index contributed by atoms with van der Waals surface area (Å²) >= 11 is 11.3. The number of amides is 1. The average Bonchev–Trinajstić information content (AvgIpc) is 2.55. The second-order valence-corrected chi connectivity index (χ2v) is 4.48. The van der Waals surface area contributed by atoms with E-state index in [1.54, 1.807) is 0 Å². The summed E-state index contributed by atoms with van der Waals surface area (Å²) in [6, 6.07) is 0. The zero-order valence-corrected chi connectivity index (χ0v) is 8.08. The molecule has 1 fully saturated rings. The molecule has 0 aromatic heterocycles. The minimum atomic E-state index is -0.902. The van der Waals surface area contributed by atoms with Crippen molar-refractivity contribution in [1.82, 2.24) is 5.32 Å². The van der Waals surface area contributed by atoms with Gasteiger partial charge in [0, 0.05) is 0 Å². The van der Waals surface area contributed by atoms with Crippen molar-refractivity contribution in [3.63, 3.8) is 0 Å². The first kappa shape index (κ1) is 9.81. The molecule has 1 rings (SSSR count). The highest BCUT2D eigenvalue weighted by atomic mass is 35.5. The van der Waals surface area contributed by atoms with Crippen molar-refractivity contribution in [2.24, 2.45) is 5.92 Å². The van der Waals surface area contributed by atoms with Crippen LogP contribution in [0, 0.1) is 5.92 Å². The molecule has 0 radical (unpaired) electrons. The van der Waals surface area contributed by atoms with E-state index in [1.807, 2.05) is 0 Å². The predicted octanol–water partition coefficient (Wildman–Crippen LogP) is 0.885. The Morgan fingerprint density at radius 2 is 2.08 bits per heavy atom. The van der Waals surface area contributed by atoms with Gasteiger partial charge in [0.05, 0.1) is 12.5 Å². The van der Waals surface area contributed by atoms with Crippen LogP contribution >= 0.6 is 23.2 Å². The number of rotatable bonds is 3. The van der Waals surface area contributed by atoms with Crippen LogP contribution in [0.3, 0.4) is 0 Å². The Kier molecular flexibility index (Phi) is 2.64. The molecule has 5 heteroatoms. The summed E-state index contributed by atoms with van der Waals surface area (Å²) in [5, 5.41) is 2.44. The lowest BCUT2D eigenvalue weighted by molar-refractivity contribution is -0.125. The van der Waals surface area contributed by atoms with Crippen LogP contribution in [0.15, 0.2) is 0 Å². The molecule has 3 nitrogen and oxygen atoms in total. The number of carbonyl (C=O) groups excluding carboxylic acids is 2. The highest BCUT2D eigenvalue weighted by Crippen LogP contribution is 2.53. The Hall–Kier alpha value is -0.280. The maximum atomic E-state index is 11.1. The molecule has 1 saturated carbocycles. The van der Waals surface area contributed by atoms with Crippen molar-refractivity contribution in [3.05, 3.63) is 0 Å². The second kappa shape index (κ2) is 3.23. The number of hydrogen-bond donors (Lipinski definition) is 1. The molecular weight excluding hydrogens is 201 g/mol. The van der Waals surface area contributed by atoms with Crippen LogP contribution in [0.2, 0.25) is 0 Å². The normalized spacial score (nSPS) is 24.8. The fraction of sp³-hybridized carbons (Fsp3) is 0.714. The van der Waals surface area contributed by atoms with Gasteiger partial charge in [-0.15, -0.1) is 23.2 Å². The number of Topliss-reactive ketones (excluding diaryl/α,β-unsaturated/α-hetero) is 1. The molecule has 0 saturated heterocycles. The summed E-state index contributed by atoms with van der Waals surface area (Å²) in [5.41, 5.74) is 0. The summed E-state index contributed by atoms with van der Waals surface area (Å²) in [4.78, 5) is 21.6. The van der Waals surface area contributed by atoms with E-state index in [2.05, 4.69) is 5.32 Å². The summed E-state index contributed by atoms with van der Waals surface area (Å²) in [6.45, 7) is 1.46. The van der Waals surface area contributed by atoms with Gasteiger partial charge in [-0.3, -0.25) is 9.59 Å². The van der Waals surface area contributed by atoms with Gasteiger partial charge in [0.15, 0.2) is 0 Å². The lowest BCUT2D eigenvalue weighted by Crippen LogP contribution is -2.30. The molecule has 1 atom stereocenters. The van der Waals surface area contributed by atoms with Crippen LogP contribution < -0.4 is 5.32 Å². The van der Waals surface area contributed by atoms with E-state index >= 15 is 0 Å². The van der Waals surface area contributed by atoms with Gasteiger partial charge in [0.1, 0.15) is 10.1 Å². The summed E-state index contributed by atoms with van der Waals surface area (Å²) in [7, 11) is 0. The molecular formula is C7H9Cl2NO2. The van der Waals surface area contributed by atoms with Gasteiger partial charge in [-0.2, -0.15) is 0 Å². The maximum absolute atomic E-state index is 11.1. The molecule has 1 N–H and O–H groups in total. The highest BCUT2D eigenvalue weighted by Gasteiger charge is 2.56. The topological polar surface area (TPSA) is 46.2 Å². The molecule has 12 heavy (non-hydrogen) atoms. The molecule has 1 aliphatic carbocycles. The maximum Gasteiger partial charge on any atom is 0.226 e. The summed E-state index contributed by atoms with van der Waals surface area (Å²) in [5.74, 6) is -0.672. The smallest absolute Gasteiger partial charge is 0.226 e. The number of nitrogens with one attached hydrogen (secondary N) is 1. The first-order valence-electron chi connectivity index (χ1n) is 3.58. The van der Waals surface area contributed by atoms with E-state index in [0.29, 0.717) is 6.42 Å². The van der Waals surface area contributed by atoms with E-state index in [0.717, 1.165) is 0 Å². The summed E-state index contributed by atoms with van der Waals surface area (Å²) < 4.78 is -0.902. The summed E-state index contributed by atoms with van der Waals surface area (Å²) in [6.07, 6.45) is 0.472. The molecule has 0 bridgehead atoms. The number of alkyl halides is 2. The predicted molar refractivity (Wildman–Crippen MR) is 46.2 cm³/mol.